The molecule has 0 bridgehead atoms. The Morgan fingerprint density at radius 3 is 2.25 bits per heavy atom. The first-order valence-electron chi connectivity index (χ1n) is 1.87. The summed E-state index contributed by atoms with van der Waals surface area (Å²) in [5.74, 6) is 0. The molecule has 0 aliphatic carbocycles. The molecule has 0 saturated heterocycles. The molecule has 4 nitrogen and oxygen atoms in total. The van der Waals surface area contributed by atoms with Gasteiger partial charge in [0, 0.05) is 0 Å². The van der Waals surface area contributed by atoms with Crippen LogP contribution in [-0.4, -0.2) is 20.4 Å². The highest BCUT2D eigenvalue weighted by Gasteiger charge is 1.96. The van der Waals surface area contributed by atoms with Crippen molar-refractivity contribution in [3.05, 3.63) is 12.4 Å². The zero-order chi connectivity index (χ0) is 5.98. The third-order valence-electron chi connectivity index (χ3n) is 0.576. The zero-order valence-electron chi connectivity index (χ0n) is 3.78. The summed E-state index contributed by atoms with van der Waals surface area (Å²) < 4.78 is 0. The van der Waals surface area contributed by atoms with E-state index >= 15 is 0 Å². The van der Waals surface area contributed by atoms with Crippen molar-refractivity contribution in [1.82, 2.24) is 15.0 Å². The van der Waals surface area contributed by atoms with Crippen LogP contribution in [0.3, 0.4) is 0 Å². The molecule has 0 saturated carbocycles. The Morgan fingerprint density at radius 2 is 2.00 bits per heavy atom. The normalized spacial score (nSPS) is 9.12. The SMILES string of the molecule is O=C(Cl)n1nccn1. The van der Waals surface area contributed by atoms with Gasteiger partial charge in [0.25, 0.3) is 0 Å². The molecule has 0 N–H and O–H groups in total. The number of hydrogen-bond acceptors (Lipinski definition) is 3. The fourth-order valence-electron chi connectivity index (χ4n) is 0.307. The first kappa shape index (κ1) is 5.24. The topological polar surface area (TPSA) is 47.8 Å². The molecule has 1 rings (SSSR count). The van der Waals surface area contributed by atoms with E-state index in [9.17, 15) is 4.79 Å². The second-order valence-electron chi connectivity index (χ2n) is 1.07. The van der Waals surface area contributed by atoms with Crippen LogP contribution in [0, 0.1) is 0 Å². The molecule has 0 aromatic carbocycles. The zero-order valence-corrected chi connectivity index (χ0v) is 4.54. The van der Waals surface area contributed by atoms with Crippen molar-refractivity contribution in [3.8, 4) is 0 Å². The van der Waals surface area contributed by atoms with Crippen LogP contribution < -0.4 is 0 Å². The maximum absolute atomic E-state index is 10.1. The largest absolute Gasteiger partial charge is 0.358 e. The smallest absolute Gasteiger partial charge is 0.251 e. The maximum Gasteiger partial charge on any atom is 0.358 e. The van der Waals surface area contributed by atoms with E-state index in [1.54, 1.807) is 0 Å². The van der Waals surface area contributed by atoms with Crippen LogP contribution in [0.25, 0.3) is 0 Å². The lowest BCUT2D eigenvalue weighted by Crippen LogP contribution is -2.04. The summed E-state index contributed by atoms with van der Waals surface area (Å²) in [6.07, 6.45) is 2.75. The van der Waals surface area contributed by atoms with Crippen LogP contribution in [0.5, 0.6) is 0 Å². The van der Waals surface area contributed by atoms with Crippen molar-refractivity contribution >= 4 is 17.0 Å². The predicted octanol–water partition coefficient (Wildman–Crippen LogP) is 0.485. The number of nitrogens with zero attached hydrogens (tertiary/aromatic N) is 3. The molecule has 0 aliphatic heterocycles. The van der Waals surface area contributed by atoms with Crippen molar-refractivity contribution in [2.75, 3.05) is 0 Å². The molecule has 0 amide bonds. The average molecular weight is 132 g/mol. The number of hydrogen-bond donors (Lipinski definition) is 0. The summed E-state index contributed by atoms with van der Waals surface area (Å²) in [4.78, 5) is 10.9. The molecule has 42 valence electrons. The summed E-state index contributed by atoms with van der Waals surface area (Å²) >= 11 is 4.94. The fraction of sp³-hybridized carbons (Fsp3) is 0. The second kappa shape index (κ2) is 1.92. The van der Waals surface area contributed by atoms with E-state index in [4.69, 9.17) is 11.6 Å². The molecular weight excluding hydrogens is 130 g/mol. The van der Waals surface area contributed by atoms with Crippen LogP contribution in [0.15, 0.2) is 12.4 Å². The third kappa shape index (κ3) is 0.840. The molecule has 1 aromatic rings. The van der Waals surface area contributed by atoms with Gasteiger partial charge in [-0.2, -0.15) is 10.2 Å². The lowest BCUT2D eigenvalue weighted by molar-refractivity contribution is 0.255. The van der Waals surface area contributed by atoms with E-state index in [0.29, 0.717) is 0 Å². The number of carbonyl (C=O) groups is 1. The Morgan fingerprint density at radius 1 is 1.50 bits per heavy atom. The summed E-state index contributed by atoms with van der Waals surface area (Å²) in [6, 6.07) is 0. The maximum atomic E-state index is 10.1. The molecule has 0 unspecified atom stereocenters. The second-order valence-corrected chi connectivity index (χ2v) is 1.39. The minimum Gasteiger partial charge on any atom is -0.251 e. The molecule has 5 heteroatoms. The van der Waals surface area contributed by atoms with E-state index < -0.39 is 5.37 Å². The van der Waals surface area contributed by atoms with Gasteiger partial charge in [-0.15, -0.1) is 4.80 Å². The van der Waals surface area contributed by atoms with Gasteiger partial charge >= 0.3 is 5.37 Å². The highest BCUT2D eigenvalue weighted by Crippen LogP contribution is 1.83. The van der Waals surface area contributed by atoms with Gasteiger partial charge in [-0.3, -0.25) is 4.79 Å². The van der Waals surface area contributed by atoms with Crippen molar-refractivity contribution < 1.29 is 4.79 Å². The van der Waals surface area contributed by atoms with Gasteiger partial charge in [0.1, 0.15) is 0 Å². The van der Waals surface area contributed by atoms with Gasteiger partial charge in [-0.05, 0) is 11.6 Å². The highest BCUT2D eigenvalue weighted by atomic mass is 35.5. The standard InChI is InChI=1S/C3H2ClN3O/c4-3(8)7-5-1-2-6-7/h1-2H. The molecular formula is C3H2ClN3O. The van der Waals surface area contributed by atoms with Gasteiger partial charge in [-0.25, -0.2) is 0 Å². The van der Waals surface area contributed by atoms with Crippen LogP contribution >= 0.6 is 11.6 Å². The first-order valence-corrected chi connectivity index (χ1v) is 2.24. The highest BCUT2D eigenvalue weighted by molar-refractivity contribution is 6.63. The Hall–Kier alpha value is -0.900. The van der Waals surface area contributed by atoms with Crippen molar-refractivity contribution in [1.29, 1.82) is 0 Å². The minimum atomic E-state index is -0.699. The van der Waals surface area contributed by atoms with Crippen LogP contribution in [0.4, 0.5) is 4.79 Å². The summed E-state index contributed by atoms with van der Waals surface area (Å²) in [5, 5.41) is 6.18. The monoisotopic (exact) mass is 131 g/mol. The van der Waals surface area contributed by atoms with Crippen molar-refractivity contribution in [2.45, 2.75) is 0 Å². The van der Waals surface area contributed by atoms with Crippen LogP contribution in [0.2, 0.25) is 0 Å². The minimum absolute atomic E-state index is 0.699. The molecule has 0 radical (unpaired) electrons. The molecule has 0 aliphatic rings. The molecule has 0 spiro atoms. The Bertz CT molecular complexity index is 182. The van der Waals surface area contributed by atoms with E-state index in [2.05, 4.69) is 10.2 Å². The number of carbonyl (C=O) groups excluding carboxylic acids is 1. The van der Waals surface area contributed by atoms with Crippen molar-refractivity contribution in [3.63, 3.8) is 0 Å². The Labute approximate surface area is 50.1 Å². The van der Waals surface area contributed by atoms with E-state index in [0.717, 1.165) is 4.80 Å². The molecule has 0 fully saturated rings. The van der Waals surface area contributed by atoms with Gasteiger partial charge in [-0.1, -0.05) is 0 Å². The molecule has 1 heterocycles. The van der Waals surface area contributed by atoms with Crippen LogP contribution in [0.1, 0.15) is 0 Å². The number of aromatic nitrogens is 3. The molecule has 1 aromatic heterocycles. The number of rotatable bonds is 0. The van der Waals surface area contributed by atoms with E-state index in [-0.39, 0.29) is 0 Å². The van der Waals surface area contributed by atoms with Crippen molar-refractivity contribution in [2.24, 2.45) is 0 Å². The fourth-order valence-corrected chi connectivity index (χ4v) is 0.394. The lowest BCUT2D eigenvalue weighted by atomic mass is 11.0. The molecule has 8 heavy (non-hydrogen) atoms. The van der Waals surface area contributed by atoms with E-state index in [1.165, 1.54) is 12.4 Å². The van der Waals surface area contributed by atoms with E-state index in [1.807, 2.05) is 0 Å². The third-order valence-corrected chi connectivity index (χ3v) is 0.727. The first-order chi connectivity index (χ1) is 3.80. The average Bonchev–Trinajstić information content (AvgIpc) is 2.12. The van der Waals surface area contributed by atoms with Gasteiger partial charge in [0.05, 0.1) is 12.4 Å². The number of halogens is 1. The predicted molar refractivity (Wildman–Crippen MR) is 26.7 cm³/mol. The van der Waals surface area contributed by atoms with Gasteiger partial charge < -0.3 is 0 Å². The van der Waals surface area contributed by atoms with Gasteiger partial charge in [0.2, 0.25) is 0 Å². The Balaban J connectivity index is 2.93. The lowest BCUT2D eigenvalue weighted by Gasteiger charge is -1.81. The van der Waals surface area contributed by atoms with Crippen LogP contribution in [-0.2, 0) is 0 Å². The molecule has 0 atom stereocenters. The van der Waals surface area contributed by atoms with Gasteiger partial charge in [0.15, 0.2) is 0 Å². The summed E-state index contributed by atoms with van der Waals surface area (Å²) in [7, 11) is 0. The Kier molecular flexibility index (Phi) is 1.26. The summed E-state index contributed by atoms with van der Waals surface area (Å²) in [5.41, 5.74) is 0. The quantitative estimate of drug-likeness (QED) is 0.482. The summed E-state index contributed by atoms with van der Waals surface area (Å²) in [6.45, 7) is 0.